The third kappa shape index (κ3) is 4.33. The molecule has 0 spiro atoms. The molecule has 9 heteroatoms. The van der Waals surface area contributed by atoms with Gasteiger partial charge in [-0.15, -0.1) is 0 Å². The minimum atomic E-state index is -3.94. The van der Waals surface area contributed by atoms with Gasteiger partial charge in [0.15, 0.2) is 6.61 Å². The molecule has 1 aromatic carbocycles. The summed E-state index contributed by atoms with van der Waals surface area (Å²) in [5.74, 6) is -0.915. The van der Waals surface area contributed by atoms with E-state index in [1.807, 2.05) is 0 Å². The van der Waals surface area contributed by atoms with Gasteiger partial charge in [-0.3, -0.25) is 9.52 Å². The molecular formula is C14H14N2O6S. The summed E-state index contributed by atoms with van der Waals surface area (Å²) in [5, 5.41) is 8.50. The molecule has 0 aliphatic rings. The summed E-state index contributed by atoms with van der Waals surface area (Å²) in [6, 6.07) is 8.11. The first-order valence-electron chi connectivity index (χ1n) is 6.45. The summed E-state index contributed by atoms with van der Waals surface area (Å²) in [6.45, 7) is 1.15. The molecule has 0 fully saturated rings. The Morgan fingerprint density at radius 3 is 2.43 bits per heavy atom. The third-order valence-corrected chi connectivity index (χ3v) is 4.18. The van der Waals surface area contributed by atoms with Crippen LogP contribution in [0.2, 0.25) is 0 Å². The van der Waals surface area contributed by atoms with Crippen LogP contribution in [-0.2, 0) is 14.8 Å². The van der Waals surface area contributed by atoms with E-state index < -0.39 is 28.2 Å². The fourth-order valence-electron chi connectivity index (χ4n) is 1.72. The molecule has 3 N–H and O–H groups in total. The fraction of sp³-hybridized carbons (Fsp3) is 0.143. The molecule has 0 atom stereocenters. The van der Waals surface area contributed by atoms with E-state index in [2.05, 4.69) is 9.71 Å². The number of carbonyl (C=O) groups is 1. The largest absolute Gasteiger partial charge is 0.482 e. The van der Waals surface area contributed by atoms with E-state index in [1.165, 1.54) is 30.3 Å². The maximum Gasteiger partial charge on any atom is 0.341 e. The topological polar surface area (TPSA) is 126 Å². The molecule has 0 saturated carbocycles. The van der Waals surface area contributed by atoms with Crippen LogP contribution >= 0.6 is 0 Å². The van der Waals surface area contributed by atoms with Crippen molar-refractivity contribution in [3.63, 3.8) is 0 Å². The number of hydrogen-bond donors (Lipinski definition) is 3. The Morgan fingerprint density at radius 1 is 1.22 bits per heavy atom. The Bertz CT molecular complexity index is 871. The molecule has 0 aliphatic carbocycles. The van der Waals surface area contributed by atoms with E-state index >= 15 is 0 Å². The maximum absolute atomic E-state index is 12.2. The molecule has 0 bridgehead atoms. The molecule has 2 aromatic rings. The molecule has 0 unspecified atom stereocenters. The number of anilines is 1. The van der Waals surface area contributed by atoms with Gasteiger partial charge in [-0.2, -0.15) is 0 Å². The van der Waals surface area contributed by atoms with E-state index in [0.29, 0.717) is 5.69 Å². The van der Waals surface area contributed by atoms with Crippen molar-refractivity contribution in [3.8, 4) is 5.75 Å². The molecule has 1 aromatic heterocycles. The van der Waals surface area contributed by atoms with Crippen LogP contribution in [-0.4, -0.2) is 31.1 Å². The van der Waals surface area contributed by atoms with Crippen LogP contribution in [0.4, 0.5) is 5.69 Å². The number of aryl methyl sites for hydroxylation is 1. The van der Waals surface area contributed by atoms with Gasteiger partial charge in [-0.05, 0) is 43.3 Å². The molecule has 23 heavy (non-hydrogen) atoms. The summed E-state index contributed by atoms with van der Waals surface area (Å²) >= 11 is 0. The number of rotatable bonds is 6. The molecule has 0 saturated heterocycles. The third-order valence-electron chi connectivity index (χ3n) is 2.80. The molecule has 0 radical (unpaired) electrons. The molecule has 2 rings (SSSR count). The number of benzene rings is 1. The Labute approximate surface area is 131 Å². The van der Waals surface area contributed by atoms with Crippen molar-refractivity contribution in [2.24, 2.45) is 0 Å². The van der Waals surface area contributed by atoms with Gasteiger partial charge in [0.05, 0.1) is 4.90 Å². The van der Waals surface area contributed by atoms with Crippen LogP contribution in [0.3, 0.4) is 0 Å². The van der Waals surface area contributed by atoms with Crippen molar-refractivity contribution in [2.45, 2.75) is 11.8 Å². The van der Waals surface area contributed by atoms with Crippen molar-refractivity contribution < 1.29 is 23.1 Å². The first kappa shape index (κ1) is 16.6. The van der Waals surface area contributed by atoms with Gasteiger partial charge in [0.2, 0.25) is 0 Å². The van der Waals surface area contributed by atoms with Gasteiger partial charge in [-0.25, -0.2) is 13.2 Å². The summed E-state index contributed by atoms with van der Waals surface area (Å²) in [5.41, 5.74) is -0.0327. The first-order valence-corrected chi connectivity index (χ1v) is 7.94. The first-order chi connectivity index (χ1) is 10.8. The standard InChI is InChI=1S/C14H14N2O6S/c1-9-2-7-12(14(19)15-9)16-23(20,21)11-5-3-10(4-6-11)22-8-13(17)18/h2-7,16H,8H2,1H3,(H,15,19)(H,17,18). The second kappa shape index (κ2) is 6.53. The highest BCUT2D eigenvalue weighted by atomic mass is 32.2. The predicted octanol–water partition coefficient (Wildman–Crippen LogP) is 0.948. The van der Waals surface area contributed by atoms with Crippen LogP contribution in [0, 0.1) is 6.92 Å². The highest BCUT2D eigenvalue weighted by molar-refractivity contribution is 7.92. The number of aromatic amines is 1. The lowest BCUT2D eigenvalue weighted by atomic mass is 10.3. The number of nitrogens with one attached hydrogen (secondary N) is 2. The number of ether oxygens (including phenoxy) is 1. The number of aromatic nitrogens is 1. The van der Waals surface area contributed by atoms with Crippen LogP contribution in [0.5, 0.6) is 5.75 Å². The maximum atomic E-state index is 12.2. The molecular weight excluding hydrogens is 324 g/mol. The van der Waals surface area contributed by atoms with Gasteiger partial charge < -0.3 is 14.8 Å². The smallest absolute Gasteiger partial charge is 0.341 e. The quantitative estimate of drug-likeness (QED) is 0.720. The van der Waals surface area contributed by atoms with Gasteiger partial charge >= 0.3 is 5.97 Å². The Kier molecular flexibility index (Phi) is 4.70. The zero-order valence-corrected chi connectivity index (χ0v) is 12.9. The molecule has 1 heterocycles. The average Bonchev–Trinajstić information content (AvgIpc) is 2.48. The number of carboxylic acid groups (broad SMARTS) is 1. The zero-order chi connectivity index (χ0) is 17.0. The SMILES string of the molecule is Cc1ccc(NS(=O)(=O)c2ccc(OCC(=O)O)cc2)c(=O)[nH]1. The van der Waals surface area contributed by atoms with E-state index in [-0.39, 0.29) is 16.3 Å². The lowest BCUT2D eigenvalue weighted by Gasteiger charge is -2.08. The predicted molar refractivity (Wildman–Crippen MR) is 82.2 cm³/mol. The van der Waals surface area contributed by atoms with Gasteiger partial charge in [-0.1, -0.05) is 0 Å². The molecule has 0 amide bonds. The highest BCUT2D eigenvalue weighted by Crippen LogP contribution is 2.18. The minimum absolute atomic E-state index is 0.0832. The van der Waals surface area contributed by atoms with E-state index in [9.17, 15) is 18.0 Å². The van der Waals surface area contributed by atoms with E-state index in [0.717, 1.165) is 0 Å². The van der Waals surface area contributed by atoms with Gasteiger partial charge in [0.25, 0.3) is 15.6 Å². The fourth-order valence-corrected chi connectivity index (χ4v) is 2.78. The lowest BCUT2D eigenvalue weighted by molar-refractivity contribution is -0.139. The van der Waals surface area contributed by atoms with Crippen molar-refractivity contribution in [2.75, 3.05) is 11.3 Å². The van der Waals surface area contributed by atoms with Crippen molar-refractivity contribution in [1.29, 1.82) is 0 Å². The molecule has 0 aliphatic heterocycles. The lowest BCUT2D eigenvalue weighted by Crippen LogP contribution is -2.20. The summed E-state index contributed by atoms with van der Waals surface area (Å²) < 4.78 is 31.5. The van der Waals surface area contributed by atoms with E-state index in [4.69, 9.17) is 9.84 Å². The monoisotopic (exact) mass is 338 g/mol. The Balaban J connectivity index is 2.19. The zero-order valence-electron chi connectivity index (χ0n) is 12.1. The number of sulfonamides is 1. The van der Waals surface area contributed by atoms with Crippen LogP contribution in [0.15, 0.2) is 46.1 Å². The summed E-state index contributed by atoms with van der Waals surface area (Å²) in [4.78, 5) is 24.5. The number of aliphatic carboxylic acids is 1. The Hall–Kier alpha value is -2.81. The minimum Gasteiger partial charge on any atom is -0.482 e. The van der Waals surface area contributed by atoms with E-state index in [1.54, 1.807) is 13.0 Å². The van der Waals surface area contributed by atoms with Crippen molar-refractivity contribution >= 4 is 21.7 Å². The van der Waals surface area contributed by atoms with Gasteiger partial charge in [0.1, 0.15) is 11.4 Å². The summed E-state index contributed by atoms with van der Waals surface area (Å²) in [6.07, 6.45) is 0. The van der Waals surface area contributed by atoms with Gasteiger partial charge in [0, 0.05) is 5.69 Å². The van der Waals surface area contributed by atoms with Crippen molar-refractivity contribution in [1.82, 2.24) is 4.98 Å². The van der Waals surface area contributed by atoms with Crippen LogP contribution in [0.1, 0.15) is 5.69 Å². The number of hydrogen-bond acceptors (Lipinski definition) is 5. The summed E-state index contributed by atoms with van der Waals surface area (Å²) in [7, 11) is -3.94. The normalized spacial score (nSPS) is 11.0. The highest BCUT2D eigenvalue weighted by Gasteiger charge is 2.16. The van der Waals surface area contributed by atoms with Crippen LogP contribution in [0.25, 0.3) is 0 Å². The molecule has 122 valence electrons. The molecule has 8 nitrogen and oxygen atoms in total. The van der Waals surface area contributed by atoms with Crippen LogP contribution < -0.4 is 15.0 Å². The van der Waals surface area contributed by atoms with Crippen molar-refractivity contribution in [3.05, 3.63) is 52.4 Å². The number of H-pyrrole nitrogens is 1. The number of carboxylic acids is 1. The Morgan fingerprint density at radius 2 is 1.87 bits per heavy atom. The average molecular weight is 338 g/mol. The second-order valence-corrected chi connectivity index (χ2v) is 6.33. The second-order valence-electron chi connectivity index (χ2n) is 4.64. The number of pyridine rings is 1.